The lowest BCUT2D eigenvalue weighted by atomic mass is 9.90. The molecule has 3 aliphatic rings. The van der Waals surface area contributed by atoms with Gasteiger partial charge in [-0.3, -0.25) is 19.3 Å². The minimum atomic E-state index is -0.523. The van der Waals surface area contributed by atoms with Crippen molar-refractivity contribution in [3.63, 3.8) is 0 Å². The summed E-state index contributed by atoms with van der Waals surface area (Å²) < 4.78 is 0. The molecule has 0 radical (unpaired) electrons. The van der Waals surface area contributed by atoms with Gasteiger partial charge in [-0.15, -0.1) is 0 Å². The van der Waals surface area contributed by atoms with Crippen molar-refractivity contribution in [1.82, 2.24) is 15.1 Å². The number of hydrogen-bond donors (Lipinski definition) is 2. The van der Waals surface area contributed by atoms with Crippen molar-refractivity contribution < 1.29 is 15.8 Å². The normalized spacial score (nSPS) is 28.8. The molecule has 1 aromatic carbocycles. The van der Waals surface area contributed by atoms with Crippen LogP contribution in [0.3, 0.4) is 0 Å². The van der Waals surface area contributed by atoms with Crippen molar-refractivity contribution in [2.75, 3.05) is 25.0 Å². The topological polar surface area (TPSA) is 81.8 Å². The summed E-state index contributed by atoms with van der Waals surface area (Å²) in [5.74, 6) is -0.0860. The van der Waals surface area contributed by atoms with Crippen molar-refractivity contribution in [2.45, 2.75) is 57.7 Å². The van der Waals surface area contributed by atoms with E-state index in [1.165, 1.54) is 0 Å². The van der Waals surface area contributed by atoms with Crippen LogP contribution in [0.25, 0.3) is 0 Å². The van der Waals surface area contributed by atoms with Gasteiger partial charge in [-0.1, -0.05) is 31.5 Å². The van der Waals surface area contributed by atoms with Gasteiger partial charge in [0.1, 0.15) is 6.04 Å². The number of carbonyl (C=O) groups excluding carboxylic acids is 3. The highest BCUT2D eigenvalue weighted by Gasteiger charge is 2.39. The fraction of sp³-hybridized carbons (Fsp3) is 0.591. The Morgan fingerprint density at radius 3 is 2.76 bits per heavy atom. The van der Waals surface area contributed by atoms with E-state index >= 15 is 0 Å². The summed E-state index contributed by atoms with van der Waals surface area (Å²) in [6.45, 7) is 4.41. The second-order valence-electron chi connectivity index (χ2n) is 8.30. The lowest BCUT2D eigenvalue weighted by Crippen LogP contribution is -2.52. The van der Waals surface area contributed by atoms with Crippen molar-refractivity contribution in [3.8, 4) is 0 Å². The predicted molar refractivity (Wildman–Crippen MR) is 112 cm³/mol. The molecule has 0 saturated carbocycles. The van der Waals surface area contributed by atoms with E-state index < -0.39 is 6.04 Å². The highest BCUT2D eigenvalue weighted by molar-refractivity contribution is 5.99. The monoisotopic (exact) mass is 400 g/mol. The molecule has 0 aliphatic carbocycles. The zero-order chi connectivity index (χ0) is 20.4. The summed E-state index contributed by atoms with van der Waals surface area (Å²) in [6.07, 6.45) is 3.59. The SMILES string of the molecule is CC[C@@H]1CCNC(=O)[C@@H]2CCCN2CCC(=O)N2Cc3ccccc3NC(=O)[C@H]12.[HH]. The molecule has 29 heavy (non-hydrogen) atoms. The van der Waals surface area contributed by atoms with Crippen LogP contribution in [0.2, 0.25) is 0 Å². The summed E-state index contributed by atoms with van der Waals surface area (Å²) in [4.78, 5) is 43.0. The Morgan fingerprint density at radius 1 is 1.10 bits per heavy atom. The third-order valence-corrected chi connectivity index (χ3v) is 6.61. The fourth-order valence-corrected chi connectivity index (χ4v) is 4.98. The molecular weight excluding hydrogens is 368 g/mol. The third-order valence-electron chi connectivity index (χ3n) is 6.61. The number of fused-ring (bicyclic) bond motifs is 3. The van der Waals surface area contributed by atoms with Crippen LogP contribution in [0.15, 0.2) is 24.3 Å². The molecule has 3 aliphatic heterocycles. The Bertz CT molecular complexity index is 802. The number of amides is 3. The van der Waals surface area contributed by atoms with Crippen molar-refractivity contribution in [3.05, 3.63) is 29.8 Å². The molecule has 2 fully saturated rings. The van der Waals surface area contributed by atoms with E-state index in [0.717, 1.165) is 37.1 Å². The molecule has 3 amide bonds. The third kappa shape index (κ3) is 4.01. The highest BCUT2D eigenvalue weighted by atomic mass is 16.2. The number of rotatable bonds is 1. The second-order valence-corrected chi connectivity index (χ2v) is 8.30. The zero-order valence-corrected chi connectivity index (χ0v) is 17.0. The number of nitrogens with one attached hydrogen (secondary N) is 2. The molecular formula is C22H32N4O3. The van der Waals surface area contributed by atoms with Gasteiger partial charge in [0.2, 0.25) is 17.7 Å². The Balaban J connectivity index is 0.00000256. The molecule has 0 spiro atoms. The first-order chi connectivity index (χ1) is 14.1. The van der Waals surface area contributed by atoms with Crippen molar-refractivity contribution >= 4 is 23.4 Å². The predicted octanol–water partition coefficient (Wildman–Crippen LogP) is 1.98. The summed E-state index contributed by atoms with van der Waals surface area (Å²) in [7, 11) is 0. The summed E-state index contributed by atoms with van der Waals surface area (Å²) in [5, 5.41) is 6.11. The first-order valence-corrected chi connectivity index (χ1v) is 10.8. The van der Waals surface area contributed by atoms with E-state index in [0.29, 0.717) is 32.5 Å². The molecule has 3 atom stereocenters. The van der Waals surface area contributed by atoms with E-state index in [1.54, 1.807) is 4.90 Å². The second kappa shape index (κ2) is 8.53. The molecule has 0 aromatic heterocycles. The minimum Gasteiger partial charge on any atom is -0.355 e. The van der Waals surface area contributed by atoms with Crippen LogP contribution in [0.5, 0.6) is 0 Å². The van der Waals surface area contributed by atoms with Gasteiger partial charge in [-0.2, -0.15) is 0 Å². The standard InChI is InChI=1S/C22H30N4O3.H2/c1-2-15-9-11-23-21(28)18-8-5-12-25(18)13-10-19(27)26-14-16-6-3-4-7-17(16)24-22(29)20(15)26;/h3-4,6-7,15,18,20H,2,5,8-14H2,1H3,(H,23,28)(H,24,29);1H/t15-,18+,20+;/m1./s1. The fourth-order valence-electron chi connectivity index (χ4n) is 4.98. The molecule has 0 bridgehead atoms. The molecule has 7 heteroatoms. The largest absolute Gasteiger partial charge is 0.355 e. The van der Waals surface area contributed by atoms with Gasteiger partial charge < -0.3 is 15.5 Å². The quantitative estimate of drug-likeness (QED) is 0.755. The lowest BCUT2D eigenvalue weighted by molar-refractivity contribution is -0.142. The van der Waals surface area contributed by atoms with E-state index in [4.69, 9.17) is 0 Å². The maximum absolute atomic E-state index is 13.3. The average molecular weight is 401 g/mol. The molecule has 2 N–H and O–H groups in total. The molecule has 2 saturated heterocycles. The zero-order valence-electron chi connectivity index (χ0n) is 17.0. The van der Waals surface area contributed by atoms with E-state index in [2.05, 4.69) is 15.5 Å². The molecule has 0 unspecified atom stereocenters. The molecule has 7 nitrogen and oxygen atoms in total. The Morgan fingerprint density at radius 2 is 1.93 bits per heavy atom. The molecule has 1 aromatic rings. The van der Waals surface area contributed by atoms with Crippen LogP contribution in [0.4, 0.5) is 5.69 Å². The summed E-state index contributed by atoms with van der Waals surface area (Å²) >= 11 is 0. The van der Waals surface area contributed by atoms with Gasteiger partial charge in [-0.25, -0.2) is 0 Å². The van der Waals surface area contributed by atoms with Crippen LogP contribution < -0.4 is 10.6 Å². The number of para-hydroxylation sites is 1. The van der Waals surface area contributed by atoms with E-state index in [-0.39, 0.29) is 31.1 Å². The maximum atomic E-state index is 13.3. The Kier molecular flexibility index (Phi) is 5.85. The van der Waals surface area contributed by atoms with Crippen molar-refractivity contribution in [1.29, 1.82) is 0 Å². The summed E-state index contributed by atoms with van der Waals surface area (Å²) in [5.41, 5.74) is 1.75. The minimum absolute atomic E-state index is 0. The Hall–Kier alpha value is -2.41. The van der Waals surface area contributed by atoms with Gasteiger partial charge in [0.15, 0.2) is 0 Å². The molecule has 158 valence electrons. The van der Waals surface area contributed by atoms with Crippen LogP contribution in [0.1, 0.15) is 46.0 Å². The number of benzene rings is 1. The van der Waals surface area contributed by atoms with Crippen LogP contribution >= 0.6 is 0 Å². The van der Waals surface area contributed by atoms with Gasteiger partial charge in [-0.05, 0) is 43.4 Å². The van der Waals surface area contributed by atoms with Gasteiger partial charge >= 0.3 is 0 Å². The van der Waals surface area contributed by atoms with Gasteiger partial charge in [0.05, 0.1) is 6.04 Å². The molecule has 3 heterocycles. The van der Waals surface area contributed by atoms with Gasteiger partial charge in [0, 0.05) is 33.2 Å². The van der Waals surface area contributed by atoms with Crippen molar-refractivity contribution in [2.24, 2.45) is 5.92 Å². The number of hydrogen-bond acceptors (Lipinski definition) is 4. The smallest absolute Gasteiger partial charge is 0.247 e. The molecule has 4 rings (SSSR count). The maximum Gasteiger partial charge on any atom is 0.247 e. The first-order valence-electron chi connectivity index (χ1n) is 10.8. The van der Waals surface area contributed by atoms with Crippen LogP contribution in [0, 0.1) is 5.92 Å². The van der Waals surface area contributed by atoms with E-state index in [9.17, 15) is 14.4 Å². The summed E-state index contributed by atoms with van der Waals surface area (Å²) in [6, 6.07) is 7.04. The number of nitrogens with zero attached hydrogens (tertiary/aromatic N) is 2. The first kappa shape index (κ1) is 19.9. The number of anilines is 1. The lowest BCUT2D eigenvalue weighted by Gasteiger charge is -2.35. The van der Waals surface area contributed by atoms with E-state index in [1.807, 2.05) is 31.2 Å². The van der Waals surface area contributed by atoms with Crippen LogP contribution in [-0.4, -0.2) is 59.2 Å². The average Bonchev–Trinajstić information content (AvgIpc) is 3.13. The Labute approximate surface area is 173 Å². The van der Waals surface area contributed by atoms with Crippen LogP contribution in [-0.2, 0) is 20.9 Å². The highest BCUT2D eigenvalue weighted by Crippen LogP contribution is 2.30. The van der Waals surface area contributed by atoms with Gasteiger partial charge in [0.25, 0.3) is 0 Å². The number of carbonyl (C=O) groups is 3.